The number of rotatable bonds is 3. The molecule has 1 aliphatic rings. The Bertz CT molecular complexity index is 826. The number of aryl methyl sites for hydroxylation is 1. The van der Waals surface area contributed by atoms with E-state index >= 15 is 0 Å². The molecule has 24 heavy (non-hydrogen) atoms. The number of nitrogens with zero attached hydrogens (tertiary/aromatic N) is 4. The minimum absolute atomic E-state index is 0.00109. The maximum absolute atomic E-state index is 14.3. The summed E-state index contributed by atoms with van der Waals surface area (Å²) in [6, 6.07) is 2.33. The number of aromatic nitrogens is 2. The number of benzene rings is 1. The summed E-state index contributed by atoms with van der Waals surface area (Å²) in [5.74, 6) is -3.00. The molecule has 1 aromatic heterocycles. The molecule has 1 atom stereocenters. The van der Waals surface area contributed by atoms with Crippen LogP contribution in [0.3, 0.4) is 0 Å². The fraction of sp³-hybridized carbons (Fsp3) is 0.312. The van der Waals surface area contributed by atoms with Crippen molar-refractivity contribution in [3.8, 4) is 17.5 Å². The summed E-state index contributed by atoms with van der Waals surface area (Å²) in [6.45, 7) is 0.912. The van der Waals surface area contributed by atoms with Gasteiger partial charge in [0.2, 0.25) is 0 Å². The molecule has 124 valence electrons. The smallest absolute Gasteiger partial charge is 0.254 e. The number of hydrogen-bond acceptors (Lipinski definition) is 4. The van der Waals surface area contributed by atoms with Gasteiger partial charge in [-0.1, -0.05) is 0 Å². The van der Waals surface area contributed by atoms with E-state index in [9.17, 15) is 13.6 Å². The quantitative estimate of drug-likeness (QED) is 0.868. The van der Waals surface area contributed by atoms with Crippen molar-refractivity contribution in [3.05, 3.63) is 41.9 Å². The first-order valence-electron chi connectivity index (χ1n) is 7.41. The number of carbonyl (C=O) groups is 1. The van der Waals surface area contributed by atoms with E-state index in [0.29, 0.717) is 25.2 Å². The monoisotopic (exact) mass is 331 g/mol. The van der Waals surface area contributed by atoms with E-state index in [2.05, 4.69) is 10.3 Å². The van der Waals surface area contributed by atoms with Crippen LogP contribution in [-0.4, -0.2) is 39.5 Å². The van der Waals surface area contributed by atoms with E-state index in [0.717, 1.165) is 0 Å². The summed E-state index contributed by atoms with van der Waals surface area (Å²) in [6.07, 6.45) is 5.63. The Morgan fingerprint density at radius 3 is 2.83 bits per heavy atom. The summed E-state index contributed by atoms with van der Waals surface area (Å²) < 4.78 is 30.2. The van der Waals surface area contributed by atoms with Gasteiger partial charge >= 0.3 is 0 Å². The Morgan fingerprint density at radius 2 is 2.21 bits per heavy atom. The fourth-order valence-electron chi connectivity index (χ4n) is 2.71. The van der Waals surface area contributed by atoms with Crippen molar-refractivity contribution in [2.75, 3.05) is 13.1 Å². The highest BCUT2D eigenvalue weighted by molar-refractivity contribution is 5.95. The third kappa shape index (κ3) is 2.93. The van der Waals surface area contributed by atoms with Gasteiger partial charge in [-0.3, -0.25) is 4.79 Å². The molecule has 1 saturated heterocycles. The molecule has 0 saturated carbocycles. The van der Waals surface area contributed by atoms with E-state index in [1.165, 1.54) is 23.4 Å². The van der Waals surface area contributed by atoms with E-state index in [-0.39, 0.29) is 17.2 Å². The zero-order chi connectivity index (χ0) is 17.3. The Morgan fingerprint density at radius 1 is 1.42 bits per heavy atom. The molecule has 1 fully saturated rings. The van der Waals surface area contributed by atoms with E-state index in [1.807, 2.05) is 6.19 Å². The van der Waals surface area contributed by atoms with Crippen molar-refractivity contribution in [3.63, 3.8) is 0 Å². The average molecular weight is 331 g/mol. The highest BCUT2D eigenvalue weighted by Crippen LogP contribution is 2.25. The second-order valence-corrected chi connectivity index (χ2v) is 5.72. The fourth-order valence-corrected chi connectivity index (χ4v) is 2.71. The molecule has 3 rings (SSSR count). The lowest BCUT2D eigenvalue weighted by Crippen LogP contribution is -2.37. The van der Waals surface area contributed by atoms with Crippen molar-refractivity contribution in [1.82, 2.24) is 19.8 Å². The molecule has 8 heteroatoms. The number of likely N-dealkylation sites (tertiary alicyclic amines) is 1. The Balaban J connectivity index is 1.81. The maximum Gasteiger partial charge on any atom is 0.254 e. The van der Waals surface area contributed by atoms with E-state index in [1.54, 1.807) is 17.8 Å². The Hall–Kier alpha value is -2.95. The van der Waals surface area contributed by atoms with Gasteiger partial charge in [-0.25, -0.2) is 13.8 Å². The zero-order valence-corrected chi connectivity index (χ0v) is 13.0. The first kappa shape index (κ1) is 15.9. The standard InChI is InChI=1S/C16H15F2N5O/c1-22-7-13(20-9-22)11-2-3-12(15(18)14(11)17)16(24)21-10-4-5-23(6-10)8-19/h2-3,7,9-10H,4-6H2,1H3,(H,21,24)/t10-/m1/s1. The largest absolute Gasteiger partial charge is 0.347 e. The first-order chi connectivity index (χ1) is 11.5. The van der Waals surface area contributed by atoms with Gasteiger partial charge in [-0.15, -0.1) is 0 Å². The number of nitrogens with one attached hydrogen (secondary N) is 1. The van der Waals surface area contributed by atoms with Gasteiger partial charge in [0, 0.05) is 37.9 Å². The number of nitriles is 1. The van der Waals surface area contributed by atoms with E-state index < -0.39 is 17.5 Å². The number of hydrogen-bond donors (Lipinski definition) is 1. The Kier molecular flexibility index (Phi) is 4.16. The highest BCUT2D eigenvalue weighted by atomic mass is 19.2. The molecular weight excluding hydrogens is 316 g/mol. The summed E-state index contributed by atoms with van der Waals surface area (Å²) in [5.41, 5.74) is -0.0647. The van der Waals surface area contributed by atoms with Crippen LogP contribution < -0.4 is 5.32 Å². The van der Waals surface area contributed by atoms with Gasteiger partial charge < -0.3 is 14.8 Å². The lowest BCUT2D eigenvalue weighted by atomic mass is 10.1. The SMILES string of the molecule is Cn1cnc(-c2ccc(C(=O)N[C@@H]3CCN(C#N)C3)c(F)c2F)c1. The van der Waals surface area contributed by atoms with Crippen LogP contribution in [-0.2, 0) is 7.05 Å². The first-order valence-corrected chi connectivity index (χ1v) is 7.41. The van der Waals surface area contributed by atoms with E-state index in [4.69, 9.17) is 5.26 Å². The predicted octanol–water partition coefficient (Wildman–Crippen LogP) is 1.65. The van der Waals surface area contributed by atoms with Crippen molar-refractivity contribution in [2.24, 2.45) is 7.05 Å². The Labute approximate surface area is 137 Å². The van der Waals surface area contributed by atoms with Crippen LogP contribution in [0.15, 0.2) is 24.7 Å². The van der Waals surface area contributed by atoms with Crippen LogP contribution in [0.5, 0.6) is 0 Å². The topological polar surface area (TPSA) is 74.0 Å². The molecular formula is C16H15F2N5O. The normalized spacial score (nSPS) is 16.9. The number of halogens is 2. The van der Waals surface area contributed by atoms with Crippen LogP contribution in [0, 0.1) is 23.1 Å². The molecule has 1 aliphatic heterocycles. The van der Waals surface area contributed by atoms with Crippen LogP contribution in [0.2, 0.25) is 0 Å². The molecule has 0 unspecified atom stereocenters. The molecule has 0 aliphatic carbocycles. The minimum Gasteiger partial charge on any atom is -0.347 e. The third-order valence-electron chi connectivity index (χ3n) is 3.97. The number of carbonyl (C=O) groups excluding carboxylic acids is 1. The summed E-state index contributed by atoms with van der Waals surface area (Å²) in [5, 5.41) is 11.4. The van der Waals surface area contributed by atoms with Crippen LogP contribution in [0.25, 0.3) is 11.3 Å². The lowest BCUT2D eigenvalue weighted by molar-refractivity contribution is 0.0933. The molecule has 2 aromatic rings. The number of amides is 1. The summed E-state index contributed by atoms with van der Waals surface area (Å²) >= 11 is 0. The average Bonchev–Trinajstić information content (AvgIpc) is 3.18. The molecule has 0 bridgehead atoms. The molecule has 2 heterocycles. The number of imidazole rings is 1. The van der Waals surface area contributed by atoms with Gasteiger partial charge in [0.05, 0.1) is 17.6 Å². The van der Waals surface area contributed by atoms with Crippen molar-refractivity contribution >= 4 is 5.91 Å². The zero-order valence-electron chi connectivity index (χ0n) is 13.0. The van der Waals surface area contributed by atoms with Crippen LogP contribution in [0.4, 0.5) is 8.78 Å². The van der Waals surface area contributed by atoms with Gasteiger partial charge in [0.15, 0.2) is 17.8 Å². The second-order valence-electron chi connectivity index (χ2n) is 5.72. The summed E-state index contributed by atoms with van der Waals surface area (Å²) in [4.78, 5) is 17.7. The molecule has 0 radical (unpaired) electrons. The van der Waals surface area contributed by atoms with Crippen molar-refractivity contribution in [1.29, 1.82) is 5.26 Å². The van der Waals surface area contributed by atoms with Crippen molar-refractivity contribution < 1.29 is 13.6 Å². The molecule has 1 aromatic carbocycles. The van der Waals surface area contributed by atoms with Gasteiger partial charge in [-0.2, -0.15) is 5.26 Å². The second kappa shape index (κ2) is 6.28. The van der Waals surface area contributed by atoms with Crippen LogP contribution in [0.1, 0.15) is 16.8 Å². The molecule has 0 spiro atoms. The highest BCUT2D eigenvalue weighted by Gasteiger charge is 2.26. The predicted molar refractivity (Wildman–Crippen MR) is 81.6 cm³/mol. The van der Waals surface area contributed by atoms with Gasteiger partial charge in [-0.05, 0) is 18.6 Å². The lowest BCUT2D eigenvalue weighted by Gasteiger charge is -2.13. The summed E-state index contributed by atoms with van der Waals surface area (Å²) in [7, 11) is 1.72. The van der Waals surface area contributed by atoms with Crippen LogP contribution >= 0.6 is 0 Å². The molecule has 1 amide bonds. The van der Waals surface area contributed by atoms with Crippen molar-refractivity contribution in [2.45, 2.75) is 12.5 Å². The van der Waals surface area contributed by atoms with Gasteiger partial charge in [0.1, 0.15) is 0 Å². The van der Waals surface area contributed by atoms with Gasteiger partial charge in [0.25, 0.3) is 5.91 Å². The molecule has 6 nitrogen and oxygen atoms in total. The molecule has 1 N–H and O–H groups in total. The maximum atomic E-state index is 14.3. The minimum atomic E-state index is -1.20. The third-order valence-corrected chi connectivity index (χ3v) is 3.97.